The molecule has 7 nitrogen and oxygen atoms in total. The normalized spacial score (nSPS) is 11.0. The number of benzene rings is 1. The van der Waals surface area contributed by atoms with Gasteiger partial charge in [-0.2, -0.15) is 0 Å². The van der Waals surface area contributed by atoms with Gasteiger partial charge in [0.25, 0.3) is 5.56 Å². The van der Waals surface area contributed by atoms with Crippen molar-refractivity contribution in [2.24, 2.45) is 4.99 Å². The highest BCUT2D eigenvalue weighted by Crippen LogP contribution is 2.13. The summed E-state index contributed by atoms with van der Waals surface area (Å²) in [4.78, 5) is 34.1. The summed E-state index contributed by atoms with van der Waals surface area (Å²) in [5.74, 6) is -0.426. The summed E-state index contributed by atoms with van der Waals surface area (Å²) in [6, 6.07) is 12.5. The van der Waals surface area contributed by atoms with E-state index in [1.165, 1.54) is 6.21 Å². The first-order valence-corrected chi connectivity index (χ1v) is 7.19. The van der Waals surface area contributed by atoms with Crippen molar-refractivity contribution >= 4 is 11.9 Å². The molecule has 0 aliphatic rings. The smallest absolute Gasteiger partial charge is 0.331 e. The van der Waals surface area contributed by atoms with Crippen LogP contribution in [0.4, 0.5) is 5.69 Å². The number of hydrogen-bond donors (Lipinski definition) is 2. The molecule has 120 valence electrons. The number of pyridine rings is 1. The van der Waals surface area contributed by atoms with Gasteiger partial charge in [0, 0.05) is 18.6 Å². The van der Waals surface area contributed by atoms with Crippen LogP contribution < -0.4 is 11.2 Å². The summed E-state index contributed by atoms with van der Waals surface area (Å²) in [6.07, 6.45) is 4.35. The molecule has 3 rings (SSSR count). The van der Waals surface area contributed by atoms with Gasteiger partial charge in [0.05, 0.1) is 12.2 Å². The van der Waals surface area contributed by atoms with Crippen LogP contribution in [-0.4, -0.2) is 25.9 Å². The number of nitrogens with zero attached hydrogens (tertiary/aromatic N) is 3. The molecule has 0 aliphatic carbocycles. The van der Waals surface area contributed by atoms with Gasteiger partial charge in [-0.1, -0.05) is 30.3 Å². The van der Waals surface area contributed by atoms with Crippen LogP contribution >= 0.6 is 0 Å². The molecule has 0 unspecified atom stereocenters. The molecule has 0 amide bonds. The summed E-state index contributed by atoms with van der Waals surface area (Å²) >= 11 is 0. The molecule has 7 heteroatoms. The number of aromatic nitrogens is 3. The molecule has 2 N–H and O–H groups in total. The van der Waals surface area contributed by atoms with E-state index in [4.69, 9.17) is 0 Å². The van der Waals surface area contributed by atoms with Crippen LogP contribution in [0.2, 0.25) is 0 Å². The first kappa shape index (κ1) is 15.4. The van der Waals surface area contributed by atoms with Crippen molar-refractivity contribution in [1.29, 1.82) is 0 Å². The highest BCUT2D eigenvalue weighted by molar-refractivity contribution is 5.83. The zero-order chi connectivity index (χ0) is 16.9. The molecule has 3 aromatic rings. The molecule has 2 aromatic heterocycles. The summed E-state index contributed by atoms with van der Waals surface area (Å²) < 4.78 is 1.09. The van der Waals surface area contributed by atoms with Gasteiger partial charge in [0.2, 0.25) is 5.88 Å². The minimum Gasteiger partial charge on any atom is -0.494 e. The van der Waals surface area contributed by atoms with Crippen LogP contribution in [0.5, 0.6) is 5.88 Å². The van der Waals surface area contributed by atoms with E-state index in [-0.39, 0.29) is 12.1 Å². The molecule has 0 bridgehead atoms. The second-order valence-corrected chi connectivity index (χ2v) is 5.03. The molecule has 0 radical (unpaired) electrons. The van der Waals surface area contributed by atoms with Gasteiger partial charge in [-0.25, -0.2) is 4.79 Å². The maximum atomic E-state index is 12.0. The second-order valence-electron chi connectivity index (χ2n) is 5.03. The van der Waals surface area contributed by atoms with Gasteiger partial charge in [-0.3, -0.25) is 24.3 Å². The van der Waals surface area contributed by atoms with Crippen molar-refractivity contribution < 1.29 is 5.11 Å². The van der Waals surface area contributed by atoms with Crippen LogP contribution in [0.25, 0.3) is 0 Å². The molecule has 0 saturated carbocycles. The molecule has 0 saturated heterocycles. The summed E-state index contributed by atoms with van der Waals surface area (Å²) in [6.45, 7) is 0.137. The van der Waals surface area contributed by atoms with Gasteiger partial charge >= 0.3 is 5.69 Å². The van der Waals surface area contributed by atoms with Crippen molar-refractivity contribution in [2.45, 2.75) is 6.54 Å². The van der Waals surface area contributed by atoms with Crippen molar-refractivity contribution in [2.75, 3.05) is 0 Å². The van der Waals surface area contributed by atoms with Gasteiger partial charge in [-0.05, 0) is 17.7 Å². The largest absolute Gasteiger partial charge is 0.494 e. The lowest BCUT2D eigenvalue weighted by Crippen LogP contribution is -2.32. The Morgan fingerprint density at radius 2 is 1.83 bits per heavy atom. The third kappa shape index (κ3) is 3.30. The number of aromatic hydroxyl groups is 1. The molecule has 1 aromatic carbocycles. The highest BCUT2D eigenvalue weighted by atomic mass is 16.3. The topological polar surface area (TPSA) is 100 Å². The molecule has 0 aliphatic heterocycles. The Labute approximate surface area is 136 Å². The average molecular weight is 322 g/mol. The van der Waals surface area contributed by atoms with Gasteiger partial charge in [0.1, 0.15) is 5.56 Å². The number of H-pyrrole nitrogens is 1. The Bertz CT molecular complexity index is 976. The van der Waals surface area contributed by atoms with E-state index >= 15 is 0 Å². The highest BCUT2D eigenvalue weighted by Gasteiger charge is 2.12. The minimum absolute atomic E-state index is 0.0812. The lowest BCUT2D eigenvalue weighted by atomic mass is 10.2. The van der Waals surface area contributed by atoms with Crippen molar-refractivity contribution in [3.05, 3.63) is 86.8 Å². The minimum atomic E-state index is -0.695. The molecule has 0 spiro atoms. The first-order valence-electron chi connectivity index (χ1n) is 7.19. The van der Waals surface area contributed by atoms with Crippen LogP contribution in [0.3, 0.4) is 0 Å². The van der Waals surface area contributed by atoms with E-state index in [9.17, 15) is 14.7 Å². The molecule has 24 heavy (non-hydrogen) atoms. The van der Waals surface area contributed by atoms with Crippen LogP contribution in [0.1, 0.15) is 11.1 Å². The van der Waals surface area contributed by atoms with E-state index in [1.54, 1.807) is 24.5 Å². The van der Waals surface area contributed by atoms with Crippen molar-refractivity contribution in [3.63, 3.8) is 0 Å². The number of nitrogens with one attached hydrogen (secondary N) is 1. The van der Waals surface area contributed by atoms with Gasteiger partial charge in [-0.15, -0.1) is 0 Å². The Kier molecular flexibility index (Phi) is 4.33. The van der Waals surface area contributed by atoms with E-state index in [0.717, 1.165) is 10.1 Å². The lowest BCUT2D eigenvalue weighted by Gasteiger charge is -2.09. The molecular formula is C17H14N4O3. The molecular weight excluding hydrogens is 308 g/mol. The number of rotatable bonds is 4. The summed E-state index contributed by atoms with van der Waals surface area (Å²) in [7, 11) is 0. The fourth-order valence-electron chi connectivity index (χ4n) is 2.17. The van der Waals surface area contributed by atoms with E-state index < -0.39 is 17.1 Å². The number of aromatic amines is 1. The standard InChI is InChI=1S/C17H14N4O3/c22-15-14(10-19-13-6-8-18-9-7-13)16(23)21(17(24)20-15)11-12-4-2-1-3-5-12/h1-10,23H,11H2,(H,20,22,24). The van der Waals surface area contributed by atoms with Gasteiger partial charge < -0.3 is 5.11 Å². The zero-order valence-electron chi connectivity index (χ0n) is 12.6. The molecule has 0 fully saturated rings. The second kappa shape index (κ2) is 6.74. The molecule has 2 heterocycles. The van der Waals surface area contributed by atoms with E-state index in [1.807, 2.05) is 30.3 Å². The summed E-state index contributed by atoms with van der Waals surface area (Å²) in [5.41, 5.74) is -0.0621. The fourth-order valence-corrected chi connectivity index (χ4v) is 2.17. The van der Waals surface area contributed by atoms with Crippen molar-refractivity contribution in [3.8, 4) is 5.88 Å². The SMILES string of the molecule is O=c1[nH]c(=O)n(Cc2ccccc2)c(O)c1C=Nc1ccncc1. The summed E-state index contributed by atoms with van der Waals surface area (Å²) in [5, 5.41) is 10.3. The van der Waals surface area contributed by atoms with Crippen LogP contribution in [-0.2, 0) is 6.54 Å². The first-order chi connectivity index (χ1) is 11.6. The van der Waals surface area contributed by atoms with E-state index in [0.29, 0.717) is 5.69 Å². The molecule has 0 atom stereocenters. The zero-order valence-corrected chi connectivity index (χ0v) is 12.6. The fraction of sp³-hybridized carbons (Fsp3) is 0.0588. The van der Waals surface area contributed by atoms with Crippen LogP contribution in [0.15, 0.2) is 69.4 Å². The maximum absolute atomic E-state index is 12.0. The van der Waals surface area contributed by atoms with E-state index in [2.05, 4.69) is 15.0 Å². The van der Waals surface area contributed by atoms with Gasteiger partial charge in [0.15, 0.2) is 0 Å². The Balaban J connectivity index is 2.01. The Morgan fingerprint density at radius 3 is 2.54 bits per heavy atom. The predicted octanol–water partition coefficient (Wildman–Crippen LogP) is 1.44. The number of hydrogen-bond acceptors (Lipinski definition) is 5. The third-order valence-corrected chi connectivity index (χ3v) is 3.40. The Hall–Kier alpha value is -3.48. The van der Waals surface area contributed by atoms with Crippen LogP contribution in [0, 0.1) is 0 Å². The van der Waals surface area contributed by atoms with Crippen molar-refractivity contribution in [1.82, 2.24) is 14.5 Å². The third-order valence-electron chi connectivity index (χ3n) is 3.40. The number of aliphatic imine (C=N–C) groups is 1. The maximum Gasteiger partial charge on any atom is 0.331 e. The Morgan fingerprint density at radius 1 is 1.12 bits per heavy atom. The monoisotopic (exact) mass is 322 g/mol. The predicted molar refractivity (Wildman–Crippen MR) is 90.0 cm³/mol. The quantitative estimate of drug-likeness (QED) is 0.710. The lowest BCUT2D eigenvalue weighted by molar-refractivity contribution is 0.408. The average Bonchev–Trinajstić information content (AvgIpc) is 2.60.